The topological polar surface area (TPSA) is 58.2 Å². The number of rotatable bonds is 3. The molecule has 0 spiro atoms. The van der Waals surface area contributed by atoms with Crippen LogP contribution in [0, 0.1) is 0 Å². The maximum atomic E-state index is 13.0. The molecule has 6 heteroatoms. The van der Waals surface area contributed by atoms with Gasteiger partial charge in [0.1, 0.15) is 0 Å². The lowest BCUT2D eigenvalue weighted by Gasteiger charge is -2.28. The Bertz CT molecular complexity index is 846. The lowest BCUT2D eigenvalue weighted by molar-refractivity contribution is 0.102. The molecule has 0 aromatic heterocycles. The number of urea groups is 1. The van der Waals surface area contributed by atoms with Crippen LogP contribution in [0.3, 0.4) is 0 Å². The minimum Gasteiger partial charge on any atom is -0.327 e. The van der Waals surface area contributed by atoms with Crippen LogP contribution < -0.4 is 10.6 Å². The van der Waals surface area contributed by atoms with Crippen LogP contribution >= 0.6 is 27.5 Å². The van der Waals surface area contributed by atoms with E-state index in [1.54, 1.807) is 31.2 Å². The number of Topliss-reactive ketones (excluding diaryl/α,β-unsaturated/α-hetero) is 1. The normalized spacial score (nSPS) is 17.3. The zero-order valence-corrected chi connectivity index (χ0v) is 15.1. The van der Waals surface area contributed by atoms with E-state index in [9.17, 15) is 9.59 Å². The lowest BCUT2D eigenvalue weighted by Crippen LogP contribution is -2.45. The summed E-state index contributed by atoms with van der Waals surface area (Å²) < 4.78 is 0.878. The quantitative estimate of drug-likeness (QED) is 0.732. The van der Waals surface area contributed by atoms with Crippen molar-refractivity contribution in [3.63, 3.8) is 0 Å². The van der Waals surface area contributed by atoms with Crippen molar-refractivity contribution in [3.8, 4) is 0 Å². The molecule has 24 heavy (non-hydrogen) atoms. The maximum Gasteiger partial charge on any atom is 0.319 e. The smallest absolute Gasteiger partial charge is 0.319 e. The minimum absolute atomic E-state index is 0.151. The first kappa shape index (κ1) is 16.7. The molecule has 2 aromatic carbocycles. The first-order valence-corrected chi connectivity index (χ1v) is 8.47. The number of allylic oxidation sites excluding steroid dienone is 1. The van der Waals surface area contributed by atoms with E-state index in [1.807, 2.05) is 24.3 Å². The Balaban J connectivity index is 2.06. The summed E-state index contributed by atoms with van der Waals surface area (Å²) in [6.45, 7) is 1.73. The van der Waals surface area contributed by atoms with Gasteiger partial charge in [-0.05, 0) is 48.9 Å². The van der Waals surface area contributed by atoms with Gasteiger partial charge >= 0.3 is 6.03 Å². The molecule has 2 aromatic rings. The summed E-state index contributed by atoms with van der Waals surface area (Å²) in [4.78, 5) is 24.9. The summed E-state index contributed by atoms with van der Waals surface area (Å²) >= 11 is 9.32. The van der Waals surface area contributed by atoms with Crippen molar-refractivity contribution in [2.24, 2.45) is 0 Å². The van der Waals surface area contributed by atoms with Gasteiger partial charge in [-0.3, -0.25) is 4.79 Å². The van der Waals surface area contributed by atoms with Crippen LogP contribution in [-0.2, 0) is 0 Å². The number of nitrogens with one attached hydrogen (secondary N) is 2. The van der Waals surface area contributed by atoms with Crippen molar-refractivity contribution in [2.45, 2.75) is 13.0 Å². The largest absolute Gasteiger partial charge is 0.327 e. The van der Waals surface area contributed by atoms with Gasteiger partial charge in [0.05, 0.1) is 6.04 Å². The molecular weight excluding hydrogens is 392 g/mol. The van der Waals surface area contributed by atoms with Gasteiger partial charge in [-0.15, -0.1) is 0 Å². The van der Waals surface area contributed by atoms with Gasteiger partial charge in [0, 0.05) is 26.3 Å². The zero-order chi connectivity index (χ0) is 17.3. The van der Waals surface area contributed by atoms with E-state index in [4.69, 9.17) is 11.6 Å². The van der Waals surface area contributed by atoms with Crippen LogP contribution in [0.1, 0.15) is 28.9 Å². The number of amides is 2. The molecule has 1 aliphatic rings. The van der Waals surface area contributed by atoms with Crippen LogP contribution in [0.2, 0.25) is 5.02 Å². The van der Waals surface area contributed by atoms with E-state index in [1.165, 1.54) is 0 Å². The number of benzene rings is 2. The van der Waals surface area contributed by atoms with Gasteiger partial charge in [-0.2, -0.15) is 0 Å². The lowest BCUT2D eigenvalue weighted by atomic mass is 9.90. The summed E-state index contributed by atoms with van der Waals surface area (Å²) in [6, 6.07) is 13.4. The molecule has 0 aliphatic carbocycles. The molecule has 2 amide bonds. The van der Waals surface area contributed by atoms with Crippen LogP contribution in [0.4, 0.5) is 4.79 Å². The molecule has 0 bridgehead atoms. The molecule has 1 heterocycles. The van der Waals surface area contributed by atoms with Crippen molar-refractivity contribution in [2.75, 3.05) is 0 Å². The Morgan fingerprint density at radius 1 is 1.17 bits per heavy atom. The fraction of sp³-hybridized carbons (Fsp3) is 0.111. The third-order valence-electron chi connectivity index (χ3n) is 3.80. The van der Waals surface area contributed by atoms with Crippen molar-refractivity contribution >= 4 is 39.3 Å². The highest BCUT2D eigenvalue weighted by molar-refractivity contribution is 9.10. The zero-order valence-electron chi connectivity index (χ0n) is 12.8. The standard InChI is InChI=1S/C18H14BrClN2O2/c1-10-15(17(23)11-5-7-14(20)8-6-11)16(22-18(24)21-10)12-3-2-4-13(19)9-12/h2-9,16H,1H3,(H2,21,22,24)/t16-/m1/s1. The number of ketones is 1. The average Bonchev–Trinajstić information content (AvgIpc) is 2.54. The molecule has 0 saturated carbocycles. The van der Waals surface area contributed by atoms with Crippen LogP contribution in [0.15, 0.2) is 64.3 Å². The van der Waals surface area contributed by atoms with Crippen molar-refractivity contribution < 1.29 is 9.59 Å². The number of carbonyl (C=O) groups is 2. The highest BCUT2D eigenvalue weighted by Gasteiger charge is 2.31. The summed E-state index contributed by atoms with van der Waals surface area (Å²) in [6.07, 6.45) is 0. The molecule has 3 rings (SSSR count). The first-order chi connectivity index (χ1) is 11.5. The molecule has 2 N–H and O–H groups in total. The second-order valence-electron chi connectivity index (χ2n) is 5.46. The van der Waals surface area contributed by atoms with Gasteiger partial charge in [0.2, 0.25) is 0 Å². The van der Waals surface area contributed by atoms with Gasteiger partial charge in [-0.25, -0.2) is 4.79 Å². The summed E-state index contributed by atoms with van der Waals surface area (Å²) in [5, 5.41) is 6.07. The number of halogens is 2. The second-order valence-corrected chi connectivity index (χ2v) is 6.81. The molecule has 4 nitrogen and oxygen atoms in total. The van der Waals surface area contributed by atoms with Gasteiger partial charge in [-0.1, -0.05) is 39.7 Å². The summed E-state index contributed by atoms with van der Waals surface area (Å²) in [7, 11) is 0. The molecule has 0 saturated heterocycles. The Kier molecular flexibility index (Phi) is 4.73. The molecule has 0 fully saturated rings. The number of carbonyl (C=O) groups excluding carboxylic acids is 2. The van der Waals surface area contributed by atoms with E-state index >= 15 is 0 Å². The third kappa shape index (κ3) is 3.37. The fourth-order valence-corrected chi connectivity index (χ4v) is 3.23. The molecule has 0 radical (unpaired) electrons. The van der Waals surface area contributed by atoms with Crippen LogP contribution in [-0.4, -0.2) is 11.8 Å². The van der Waals surface area contributed by atoms with E-state index < -0.39 is 6.04 Å². The van der Waals surface area contributed by atoms with E-state index in [2.05, 4.69) is 26.6 Å². The Labute approximate surface area is 153 Å². The highest BCUT2D eigenvalue weighted by Crippen LogP contribution is 2.30. The third-order valence-corrected chi connectivity index (χ3v) is 4.55. The molecular formula is C18H14BrClN2O2. The molecule has 1 aliphatic heterocycles. The molecule has 0 unspecified atom stereocenters. The van der Waals surface area contributed by atoms with E-state index in [0.717, 1.165) is 10.0 Å². The Morgan fingerprint density at radius 3 is 2.54 bits per heavy atom. The van der Waals surface area contributed by atoms with Crippen molar-refractivity contribution in [1.29, 1.82) is 0 Å². The van der Waals surface area contributed by atoms with Gasteiger partial charge in [0.25, 0.3) is 0 Å². The molecule has 122 valence electrons. The predicted octanol–water partition coefficient (Wildman–Crippen LogP) is 4.61. The van der Waals surface area contributed by atoms with E-state index in [0.29, 0.717) is 21.9 Å². The Morgan fingerprint density at radius 2 is 1.88 bits per heavy atom. The van der Waals surface area contributed by atoms with Gasteiger partial charge in [0.15, 0.2) is 5.78 Å². The van der Waals surface area contributed by atoms with Crippen molar-refractivity contribution in [3.05, 3.63) is 80.4 Å². The predicted molar refractivity (Wildman–Crippen MR) is 97.0 cm³/mol. The minimum atomic E-state index is -0.514. The summed E-state index contributed by atoms with van der Waals surface area (Å²) in [5.74, 6) is -0.151. The number of hydrogen-bond donors (Lipinski definition) is 2. The Hall–Kier alpha value is -2.11. The second kappa shape index (κ2) is 6.79. The van der Waals surface area contributed by atoms with Crippen LogP contribution in [0.5, 0.6) is 0 Å². The SMILES string of the molecule is CC1=C(C(=O)c2ccc(Cl)cc2)[C@@H](c2cccc(Br)c2)NC(=O)N1. The monoisotopic (exact) mass is 404 g/mol. The van der Waals surface area contributed by atoms with E-state index in [-0.39, 0.29) is 11.8 Å². The highest BCUT2D eigenvalue weighted by atomic mass is 79.9. The first-order valence-electron chi connectivity index (χ1n) is 7.29. The average molecular weight is 406 g/mol. The van der Waals surface area contributed by atoms with Crippen LogP contribution in [0.25, 0.3) is 0 Å². The molecule has 1 atom stereocenters. The van der Waals surface area contributed by atoms with Gasteiger partial charge < -0.3 is 10.6 Å². The maximum absolute atomic E-state index is 13.0. The fourth-order valence-electron chi connectivity index (χ4n) is 2.69. The summed E-state index contributed by atoms with van der Waals surface area (Å²) in [5.41, 5.74) is 2.40. The number of hydrogen-bond acceptors (Lipinski definition) is 2. The van der Waals surface area contributed by atoms with Crippen molar-refractivity contribution in [1.82, 2.24) is 10.6 Å².